The minimum atomic E-state index is 0.507. The Labute approximate surface area is 107 Å². The van der Waals surface area contributed by atoms with Crippen molar-refractivity contribution >= 4 is 11.1 Å². The molecule has 0 aliphatic carbocycles. The highest BCUT2D eigenvalue weighted by molar-refractivity contribution is 5.97. The van der Waals surface area contributed by atoms with Gasteiger partial charge in [0.25, 0.3) is 0 Å². The van der Waals surface area contributed by atoms with Gasteiger partial charge in [0.1, 0.15) is 12.1 Å². The third-order valence-corrected chi connectivity index (χ3v) is 2.88. The Morgan fingerprint density at radius 3 is 2.47 bits per heavy atom. The molecule has 4 aromatic heterocycles. The Balaban J connectivity index is 2.10. The molecule has 4 aromatic rings. The zero-order chi connectivity index (χ0) is 12.7. The predicted octanol–water partition coefficient (Wildman–Crippen LogP) is 3.74. The molecule has 5 heteroatoms. The topological polar surface area (TPSA) is 65.2 Å². The first-order chi connectivity index (χ1) is 9.43. The summed E-state index contributed by atoms with van der Waals surface area (Å²) in [6.45, 7) is 0. The molecule has 0 fully saturated rings. The summed E-state index contributed by atoms with van der Waals surface area (Å²) in [7, 11) is 0. The van der Waals surface area contributed by atoms with Gasteiger partial charge in [-0.25, -0.2) is 9.97 Å². The SMILES string of the molecule is c1coc(-c2oc3ncncc3c2-c2ccco2)c1. The standard InChI is InChI=1S/C14H8N2O3/c1-3-10(17-5-1)12-9-7-15-8-16-14(9)19-13(12)11-4-2-6-18-11/h1-8H. The molecule has 0 spiro atoms. The van der Waals surface area contributed by atoms with Crippen LogP contribution in [0.15, 0.2) is 62.6 Å². The Kier molecular flexibility index (Phi) is 2.05. The molecule has 0 N–H and O–H groups in total. The molecule has 0 amide bonds. The van der Waals surface area contributed by atoms with Crippen LogP contribution in [0.4, 0.5) is 0 Å². The van der Waals surface area contributed by atoms with Crippen LogP contribution in [0, 0.1) is 0 Å². The maximum absolute atomic E-state index is 5.76. The van der Waals surface area contributed by atoms with Gasteiger partial charge in [0.2, 0.25) is 5.71 Å². The van der Waals surface area contributed by atoms with E-state index in [0.717, 1.165) is 10.9 Å². The average Bonchev–Trinajstić information content (AvgIpc) is 3.17. The number of rotatable bonds is 2. The Bertz CT molecular complexity index is 814. The molecule has 0 radical (unpaired) electrons. The number of hydrogen-bond donors (Lipinski definition) is 0. The van der Waals surface area contributed by atoms with Crippen LogP contribution in [0.1, 0.15) is 0 Å². The molecule has 0 atom stereocenters. The van der Waals surface area contributed by atoms with Gasteiger partial charge in [0.05, 0.1) is 23.5 Å². The molecule has 4 rings (SSSR count). The van der Waals surface area contributed by atoms with Gasteiger partial charge in [0.15, 0.2) is 11.5 Å². The van der Waals surface area contributed by atoms with Crippen molar-refractivity contribution in [3.63, 3.8) is 0 Å². The van der Waals surface area contributed by atoms with Gasteiger partial charge < -0.3 is 13.3 Å². The summed E-state index contributed by atoms with van der Waals surface area (Å²) in [5, 5.41) is 0.795. The van der Waals surface area contributed by atoms with E-state index in [1.54, 1.807) is 24.8 Å². The van der Waals surface area contributed by atoms with Crippen LogP contribution in [0.25, 0.3) is 33.9 Å². The molecule has 0 bridgehead atoms. The molecule has 5 nitrogen and oxygen atoms in total. The third-order valence-electron chi connectivity index (χ3n) is 2.88. The van der Waals surface area contributed by atoms with Gasteiger partial charge in [-0.1, -0.05) is 0 Å². The first kappa shape index (κ1) is 10.1. The second-order valence-corrected chi connectivity index (χ2v) is 4.00. The van der Waals surface area contributed by atoms with Crippen LogP contribution in [0.2, 0.25) is 0 Å². The van der Waals surface area contributed by atoms with Gasteiger partial charge in [-0.3, -0.25) is 0 Å². The zero-order valence-corrected chi connectivity index (χ0v) is 9.74. The van der Waals surface area contributed by atoms with Gasteiger partial charge in [-0.05, 0) is 24.3 Å². The van der Waals surface area contributed by atoms with Crippen molar-refractivity contribution in [1.82, 2.24) is 9.97 Å². The fraction of sp³-hybridized carbons (Fsp3) is 0. The van der Waals surface area contributed by atoms with E-state index in [1.165, 1.54) is 6.33 Å². The summed E-state index contributed by atoms with van der Waals surface area (Å²) in [6.07, 6.45) is 6.36. The first-order valence-electron chi connectivity index (χ1n) is 5.74. The summed E-state index contributed by atoms with van der Waals surface area (Å²) in [5.41, 5.74) is 1.31. The largest absolute Gasteiger partial charge is 0.464 e. The minimum absolute atomic E-state index is 0.507. The van der Waals surface area contributed by atoms with Crippen molar-refractivity contribution in [3.05, 3.63) is 49.3 Å². The molecule has 0 saturated heterocycles. The van der Waals surface area contributed by atoms with Gasteiger partial charge in [0, 0.05) is 6.20 Å². The van der Waals surface area contributed by atoms with E-state index in [0.29, 0.717) is 23.0 Å². The second kappa shape index (κ2) is 3.84. The van der Waals surface area contributed by atoms with Crippen molar-refractivity contribution in [2.75, 3.05) is 0 Å². The molecular formula is C14H8N2O3. The highest BCUT2D eigenvalue weighted by Gasteiger charge is 2.21. The second-order valence-electron chi connectivity index (χ2n) is 4.00. The molecule has 0 aliphatic heterocycles. The van der Waals surface area contributed by atoms with E-state index in [1.807, 2.05) is 18.2 Å². The summed E-state index contributed by atoms with van der Waals surface area (Å²) in [4.78, 5) is 8.16. The van der Waals surface area contributed by atoms with E-state index < -0.39 is 0 Å². The average molecular weight is 252 g/mol. The van der Waals surface area contributed by atoms with E-state index >= 15 is 0 Å². The quantitative estimate of drug-likeness (QED) is 0.543. The number of furan rings is 3. The lowest BCUT2D eigenvalue weighted by Crippen LogP contribution is -1.78. The lowest BCUT2D eigenvalue weighted by molar-refractivity contribution is 0.536. The fourth-order valence-corrected chi connectivity index (χ4v) is 2.09. The minimum Gasteiger partial charge on any atom is -0.464 e. The van der Waals surface area contributed by atoms with Crippen molar-refractivity contribution in [3.8, 4) is 22.8 Å². The number of nitrogens with zero attached hydrogens (tertiary/aromatic N) is 2. The Hall–Kier alpha value is -2.82. The number of hydrogen-bond acceptors (Lipinski definition) is 5. The van der Waals surface area contributed by atoms with Gasteiger partial charge in [-0.2, -0.15) is 0 Å². The Morgan fingerprint density at radius 2 is 1.74 bits per heavy atom. The molecule has 0 unspecified atom stereocenters. The summed E-state index contributed by atoms with van der Waals surface area (Å²) in [5.74, 6) is 1.92. The molecule has 4 heterocycles. The van der Waals surface area contributed by atoms with Gasteiger partial charge in [-0.15, -0.1) is 0 Å². The van der Waals surface area contributed by atoms with Crippen LogP contribution in [-0.4, -0.2) is 9.97 Å². The van der Waals surface area contributed by atoms with Crippen LogP contribution in [0.3, 0.4) is 0 Å². The maximum Gasteiger partial charge on any atom is 0.230 e. The summed E-state index contributed by atoms with van der Waals surface area (Å²) >= 11 is 0. The van der Waals surface area contributed by atoms with Crippen molar-refractivity contribution in [1.29, 1.82) is 0 Å². The molecule has 0 saturated carbocycles. The van der Waals surface area contributed by atoms with E-state index in [-0.39, 0.29) is 0 Å². The zero-order valence-electron chi connectivity index (χ0n) is 9.74. The Morgan fingerprint density at radius 1 is 0.947 bits per heavy atom. The lowest BCUT2D eigenvalue weighted by Gasteiger charge is -1.96. The summed E-state index contributed by atoms with van der Waals surface area (Å²) in [6, 6.07) is 7.32. The third kappa shape index (κ3) is 1.48. The van der Waals surface area contributed by atoms with Crippen molar-refractivity contribution in [2.45, 2.75) is 0 Å². The molecule has 19 heavy (non-hydrogen) atoms. The highest BCUT2D eigenvalue weighted by atomic mass is 16.4. The van der Waals surface area contributed by atoms with Crippen LogP contribution in [0.5, 0.6) is 0 Å². The van der Waals surface area contributed by atoms with Crippen molar-refractivity contribution in [2.24, 2.45) is 0 Å². The predicted molar refractivity (Wildman–Crippen MR) is 67.2 cm³/mol. The van der Waals surface area contributed by atoms with Gasteiger partial charge >= 0.3 is 0 Å². The van der Waals surface area contributed by atoms with E-state index in [2.05, 4.69) is 9.97 Å². The normalized spacial score (nSPS) is 11.2. The lowest BCUT2D eigenvalue weighted by atomic mass is 10.1. The van der Waals surface area contributed by atoms with E-state index in [4.69, 9.17) is 13.3 Å². The van der Waals surface area contributed by atoms with E-state index in [9.17, 15) is 0 Å². The molecule has 0 aromatic carbocycles. The number of aromatic nitrogens is 2. The fourth-order valence-electron chi connectivity index (χ4n) is 2.09. The monoisotopic (exact) mass is 252 g/mol. The van der Waals surface area contributed by atoms with Crippen molar-refractivity contribution < 1.29 is 13.3 Å². The first-order valence-corrected chi connectivity index (χ1v) is 5.74. The molecule has 92 valence electrons. The summed E-state index contributed by atoms with van der Waals surface area (Å²) < 4.78 is 16.6. The molecule has 0 aliphatic rings. The van der Waals surface area contributed by atoms with Crippen LogP contribution < -0.4 is 0 Å². The number of fused-ring (bicyclic) bond motifs is 1. The van der Waals surface area contributed by atoms with Crippen LogP contribution in [-0.2, 0) is 0 Å². The van der Waals surface area contributed by atoms with Crippen LogP contribution >= 0.6 is 0 Å². The smallest absolute Gasteiger partial charge is 0.230 e. The molecular weight excluding hydrogens is 244 g/mol. The maximum atomic E-state index is 5.76. The highest BCUT2D eigenvalue weighted by Crippen LogP contribution is 2.39.